The van der Waals surface area contributed by atoms with Crippen LogP contribution in [0.3, 0.4) is 0 Å². The number of rotatable bonds is 4. The van der Waals surface area contributed by atoms with Gasteiger partial charge in [-0.05, 0) is 36.2 Å². The molecule has 25 heavy (non-hydrogen) atoms. The summed E-state index contributed by atoms with van der Waals surface area (Å²) < 4.78 is 0. The summed E-state index contributed by atoms with van der Waals surface area (Å²) in [6.45, 7) is 4.81. The van der Waals surface area contributed by atoms with Gasteiger partial charge in [0.2, 0.25) is 5.91 Å². The van der Waals surface area contributed by atoms with Gasteiger partial charge in [-0.15, -0.1) is 0 Å². The molecule has 1 unspecified atom stereocenters. The van der Waals surface area contributed by atoms with Crippen molar-refractivity contribution < 1.29 is 15.0 Å². The molecule has 1 fully saturated rings. The van der Waals surface area contributed by atoms with Crippen molar-refractivity contribution in [1.82, 2.24) is 9.88 Å². The first-order valence-corrected chi connectivity index (χ1v) is 8.50. The maximum Gasteiger partial charge on any atom is 0.225 e. The van der Waals surface area contributed by atoms with Gasteiger partial charge < -0.3 is 20.0 Å². The lowest BCUT2D eigenvalue weighted by Gasteiger charge is -2.36. The van der Waals surface area contributed by atoms with Crippen LogP contribution in [0.2, 0.25) is 0 Å². The fourth-order valence-electron chi connectivity index (χ4n) is 3.15. The minimum absolute atomic E-state index is 0.119. The summed E-state index contributed by atoms with van der Waals surface area (Å²) in [6, 6.07) is 10.5. The first-order valence-electron chi connectivity index (χ1n) is 8.50. The second kappa shape index (κ2) is 7.42. The van der Waals surface area contributed by atoms with Gasteiger partial charge >= 0.3 is 0 Å². The molecule has 6 heteroatoms. The smallest absolute Gasteiger partial charge is 0.225 e. The highest BCUT2D eigenvalue weighted by Crippen LogP contribution is 2.26. The van der Waals surface area contributed by atoms with Gasteiger partial charge in [-0.3, -0.25) is 4.79 Å². The average molecular weight is 341 g/mol. The first-order chi connectivity index (χ1) is 12.0. The van der Waals surface area contributed by atoms with E-state index in [1.54, 1.807) is 12.3 Å². The number of nitrogens with zero attached hydrogens (tertiary/aromatic N) is 3. The monoisotopic (exact) mass is 341 g/mol. The number of phenolic OH excluding ortho intramolecular Hbond substituents is 2. The lowest BCUT2D eigenvalue weighted by Crippen LogP contribution is -2.50. The summed E-state index contributed by atoms with van der Waals surface area (Å²) in [6.07, 6.45) is 2.31. The number of aromatic hydroxyl groups is 2. The predicted octanol–water partition coefficient (Wildman–Crippen LogP) is 2.02. The normalized spacial score (nSPS) is 15.9. The third-order valence-corrected chi connectivity index (χ3v) is 4.57. The fourth-order valence-corrected chi connectivity index (χ4v) is 3.15. The molecule has 0 saturated carbocycles. The Morgan fingerprint density at radius 1 is 1.12 bits per heavy atom. The largest absolute Gasteiger partial charge is 0.504 e. The molecule has 1 saturated heterocycles. The van der Waals surface area contributed by atoms with E-state index in [-0.39, 0.29) is 23.3 Å². The Morgan fingerprint density at radius 3 is 2.52 bits per heavy atom. The highest BCUT2D eigenvalue weighted by Gasteiger charge is 2.25. The van der Waals surface area contributed by atoms with E-state index in [1.165, 1.54) is 12.1 Å². The van der Waals surface area contributed by atoms with Crippen molar-refractivity contribution in [2.24, 2.45) is 5.92 Å². The molecule has 3 rings (SSSR count). The van der Waals surface area contributed by atoms with E-state index >= 15 is 0 Å². The number of pyridine rings is 1. The fraction of sp³-hybridized carbons (Fsp3) is 0.368. The molecule has 2 heterocycles. The van der Waals surface area contributed by atoms with Crippen molar-refractivity contribution in [2.45, 2.75) is 13.3 Å². The van der Waals surface area contributed by atoms with Crippen molar-refractivity contribution in [3.63, 3.8) is 0 Å². The van der Waals surface area contributed by atoms with Crippen molar-refractivity contribution in [3.05, 3.63) is 48.2 Å². The molecule has 1 aliphatic heterocycles. The van der Waals surface area contributed by atoms with E-state index in [0.29, 0.717) is 19.5 Å². The van der Waals surface area contributed by atoms with Crippen LogP contribution >= 0.6 is 0 Å². The molecular weight excluding hydrogens is 318 g/mol. The van der Waals surface area contributed by atoms with Crippen LogP contribution in [-0.2, 0) is 11.2 Å². The quantitative estimate of drug-likeness (QED) is 0.832. The third kappa shape index (κ3) is 4.02. The van der Waals surface area contributed by atoms with Crippen LogP contribution < -0.4 is 4.90 Å². The van der Waals surface area contributed by atoms with Crippen LogP contribution in [0.25, 0.3) is 0 Å². The number of amides is 1. The van der Waals surface area contributed by atoms with Gasteiger partial charge in [0.1, 0.15) is 5.82 Å². The minimum Gasteiger partial charge on any atom is -0.504 e. The Hall–Kier alpha value is -2.76. The second-order valence-corrected chi connectivity index (χ2v) is 6.43. The molecule has 0 radical (unpaired) electrons. The highest BCUT2D eigenvalue weighted by molar-refractivity contribution is 5.79. The van der Waals surface area contributed by atoms with Gasteiger partial charge in [0.25, 0.3) is 0 Å². The lowest BCUT2D eigenvalue weighted by atomic mass is 9.99. The van der Waals surface area contributed by atoms with Crippen LogP contribution in [0.1, 0.15) is 12.5 Å². The Bertz CT molecular complexity index is 728. The molecule has 2 N–H and O–H groups in total. The summed E-state index contributed by atoms with van der Waals surface area (Å²) >= 11 is 0. The number of aromatic nitrogens is 1. The number of benzene rings is 1. The van der Waals surface area contributed by atoms with Crippen LogP contribution in [0.15, 0.2) is 42.6 Å². The Labute approximate surface area is 147 Å². The second-order valence-electron chi connectivity index (χ2n) is 6.43. The van der Waals surface area contributed by atoms with Gasteiger partial charge in [-0.25, -0.2) is 4.98 Å². The average Bonchev–Trinajstić information content (AvgIpc) is 2.65. The summed E-state index contributed by atoms with van der Waals surface area (Å²) in [5.74, 6) is 0.593. The maximum atomic E-state index is 12.7. The minimum atomic E-state index is -0.176. The molecule has 1 aromatic heterocycles. The zero-order chi connectivity index (χ0) is 17.8. The molecule has 1 aliphatic rings. The van der Waals surface area contributed by atoms with Gasteiger partial charge in [0.05, 0.1) is 0 Å². The molecule has 1 amide bonds. The zero-order valence-corrected chi connectivity index (χ0v) is 14.3. The standard InChI is InChI=1S/C19H23N3O3/c1-14(12-15-5-6-16(23)17(24)13-15)19(25)22-10-8-21(9-11-22)18-4-2-3-7-20-18/h2-7,13-14,23-24H,8-12H2,1H3. The molecular formula is C19H23N3O3. The maximum absolute atomic E-state index is 12.7. The van der Waals surface area contributed by atoms with Crippen LogP contribution in [0.4, 0.5) is 5.82 Å². The van der Waals surface area contributed by atoms with Gasteiger partial charge in [-0.1, -0.05) is 19.1 Å². The summed E-state index contributed by atoms with van der Waals surface area (Å²) in [5.41, 5.74) is 0.836. The molecule has 2 aromatic rings. The van der Waals surface area contributed by atoms with Crippen molar-refractivity contribution >= 4 is 11.7 Å². The molecule has 0 bridgehead atoms. The van der Waals surface area contributed by atoms with Crippen LogP contribution in [-0.4, -0.2) is 52.2 Å². The van der Waals surface area contributed by atoms with E-state index in [0.717, 1.165) is 24.5 Å². The summed E-state index contributed by atoms with van der Waals surface area (Å²) in [7, 11) is 0. The van der Waals surface area contributed by atoms with Crippen molar-refractivity contribution in [3.8, 4) is 11.5 Å². The molecule has 1 atom stereocenters. The predicted molar refractivity (Wildman–Crippen MR) is 95.7 cm³/mol. The number of phenols is 2. The van der Waals surface area contributed by atoms with Gasteiger partial charge in [0.15, 0.2) is 11.5 Å². The van der Waals surface area contributed by atoms with E-state index in [9.17, 15) is 15.0 Å². The van der Waals surface area contributed by atoms with Crippen LogP contribution in [0.5, 0.6) is 11.5 Å². The number of carbonyl (C=O) groups excluding carboxylic acids is 1. The number of anilines is 1. The van der Waals surface area contributed by atoms with Crippen molar-refractivity contribution in [2.75, 3.05) is 31.1 Å². The topological polar surface area (TPSA) is 76.9 Å². The van der Waals surface area contributed by atoms with Gasteiger partial charge in [0, 0.05) is 38.3 Å². The van der Waals surface area contributed by atoms with E-state index in [4.69, 9.17) is 0 Å². The molecule has 132 valence electrons. The Morgan fingerprint density at radius 2 is 1.88 bits per heavy atom. The Kier molecular flexibility index (Phi) is 5.07. The molecule has 6 nitrogen and oxygen atoms in total. The molecule has 0 spiro atoms. The molecule has 1 aromatic carbocycles. The number of hydrogen-bond acceptors (Lipinski definition) is 5. The SMILES string of the molecule is CC(Cc1ccc(O)c(O)c1)C(=O)N1CCN(c2ccccn2)CC1. The van der Waals surface area contributed by atoms with E-state index in [1.807, 2.05) is 30.0 Å². The number of piperazine rings is 1. The highest BCUT2D eigenvalue weighted by atomic mass is 16.3. The number of carbonyl (C=O) groups is 1. The van der Waals surface area contributed by atoms with Crippen LogP contribution in [0, 0.1) is 5.92 Å². The van der Waals surface area contributed by atoms with E-state index in [2.05, 4.69) is 9.88 Å². The number of hydrogen-bond donors (Lipinski definition) is 2. The first kappa shape index (κ1) is 17.1. The molecule has 0 aliphatic carbocycles. The summed E-state index contributed by atoms with van der Waals surface area (Å²) in [4.78, 5) is 21.1. The lowest BCUT2D eigenvalue weighted by molar-refractivity contribution is -0.135. The summed E-state index contributed by atoms with van der Waals surface area (Å²) in [5, 5.41) is 19.0. The van der Waals surface area contributed by atoms with Gasteiger partial charge in [-0.2, -0.15) is 0 Å². The van der Waals surface area contributed by atoms with E-state index < -0.39 is 0 Å². The zero-order valence-electron chi connectivity index (χ0n) is 14.3. The Balaban J connectivity index is 1.55. The van der Waals surface area contributed by atoms with Crippen molar-refractivity contribution in [1.29, 1.82) is 0 Å². The third-order valence-electron chi connectivity index (χ3n) is 4.57.